The van der Waals surface area contributed by atoms with Gasteiger partial charge in [-0.15, -0.1) is 0 Å². The standard InChI is InChI=1S/C21H16ClF6N3O/c22-18-14(21(26,27)28)3-5-16(31-8-1-6-20(24,25)7-9-31)17(18)19(32)30-13-2-4-15(23)12(10-13)11-29/h2-5,10H,1,6-9H2,(H,30,32). The highest BCUT2D eigenvalue weighted by atomic mass is 35.5. The van der Waals surface area contributed by atoms with Crippen LogP contribution >= 0.6 is 11.6 Å². The average Bonchev–Trinajstić information content (AvgIpc) is 2.88. The van der Waals surface area contributed by atoms with Gasteiger partial charge in [-0.3, -0.25) is 4.79 Å². The molecule has 3 rings (SSSR count). The predicted octanol–water partition coefficient (Wildman–Crippen LogP) is 6.25. The summed E-state index contributed by atoms with van der Waals surface area (Å²) in [5.41, 5.74) is -2.26. The summed E-state index contributed by atoms with van der Waals surface area (Å²) in [7, 11) is 0. The lowest BCUT2D eigenvalue weighted by molar-refractivity contribution is -0.137. The molecule has 0 spiro atoms. The molecule has 0 radical (unpaired) electrons. The van der Waals surface area contributed by atoms with Crippen molar-refractivity contribution in [1.29, 1.82) is 5.26 Å². The van der Waals surface area contributed by atoms with E-state index in [0.29, 0.717) is 6.07 Å². The molecule has 1 N–H and O–H groups in total. The number of carbonyl (C=O) groups is 1. The Morgan fingerprint density at radius 2 is 1.88 bits per heavy atom. The molecule has 0 aliphatic carbocycles. The molecule has 0 bridgehead atoms. The van der Waals surface area contributed by atoms with E-state index in [0.717, 1.165) is 24.3 Å². The fourth-order valence-corrected chi connectivity index (χ4v) is 3.80. The van der Waals surface area contributed by atoms with E-state index in [2.05, 4.69) is 5.32 Å². The summed E-state index contributed by atoms with van der Waals surface area (Å²) in [6, 6.07) is 6.37. The lowest BCUT2D eigenvalue weighted by atomic mass is 10.0. The normalized spacial score (nSPS) is 16.2. The minimum atomic E-state index is -4.86. The Morgan fingerprint density at radius 1 is 1.16 bits per heavy atom. The van der Waals surface area contributed by atoms with Gasteiger partial charge in [-0.2, -0.15) is 18.4 Å². The molecule has 2 aromatic rings. The number of nitrogens with zero attached hydrogens (tertiary/aromatic N) is 2. The van der Waals surface area contributed by atoms with Crippen molar-refractivity contribution in [3.8, 4) is 6.07 Å². The Labute approximate surface area is 184 Å². The van der Waals surface area contributed by atoms with Gasteiger partial charge in [0.25, 0.3) is 5.91 Å². The molecule has 0 aromatic heterocycles. The van der Waals surface area contributed by atoms with E-state index in [-0.39, 0.29) is 42.9 Å². The molecule has 32 heavy (non-hydrogen) atoms. The molecule has 0 saturated carbocycles. The SMILES string of the molecule is N#Cc1cc(NC(=O)c2c(N3CCCC(F)(F)CC3)ccc(C(F)(F)F)c2Cl)ccc1F. The minimum Gasteiger partial charge on any atom is -0.371 e. The third-order valence-electron chi connectivity index (χ3n) is 5.06. The summed E-state index contributed by atoms with van der Waals surface area (Å²) in [5.74, 6) is -4.81. The van der Waals surface area contributed by atoms with Crippen LogP contribution in [0.2, 0.25) is 5.02 Å². The van der Waals surface area contributed by atoms with Crippen molar-refractivity contribution in [3.05, 3.63) is 57.9 Å². The second kappa shape index (κ2) is 8.90. The summed E-state index contributed by atoms with van der Waals surface area (Å²) < 4.78 is 81.3. The van der Waals surface area contributed by atoms with Gasteiger partial charge in [-0.1, -0.05) is 11.6 Å². The third-order valence-corrected chi connectivity index (χ3v) is 5.45. The quantitative estimate of drug-likeness (QED) is 0.534. The van der Waals surface area contributed by atoms with Gasteiger partial charge in [0.05, 0.1) is 27.4 Å². The zero-order valence-electron chi connectivity index (χ0n) is 16.4. The van der Waals surface area contributed by atoms with Crippen molar-refractivity contribution >= 4 is 28.9 Å². The Kier molecular flexibility index (Phi) is 6.60. The van der Waals surface area contributed by atoms with Crippen LogP contribution in [-0.2, 0) is 6.18 Å². The van der Waals surface area contributed by atoms with Gasteiger partial charge in [0.1, 0.15) is 11.9 Å². The molecule has 1 aliphatic rings. The number of amides is 1. The maximum absolute atomic E-state index is 13.8. The first-order chi connectivity index (χ1) is 14.9. The smallest absolute Gasteiger partial charge is 0.371 e. The number of nitrogens with one attached hydrogen (secondary N) is 1. The van der Waals surface area contributed by atoms with Crippen LogP contribution < -0.4 is 10.2 Å². The summed E-state index contributed by atoms with van der Waals surface area (Å²) in [5, 5.41) is 10.4. The number of hydrogen-bond donors (Lipinski definition) is 1. The number of nitriles is 1. The molecule has 0 atom stereocenters. The Morgan fingerprint density at radius 3 is 2.53 bits per heavy atom. The molecule has 1 saturated heterocycles. The van der Waals surface area contributed by atoms with Gasteiger partial charge in [0.2, 0.25) is 5.92 Å². The Balaban J connectivity index is 2.05. The van der Waals surface area contributed by atoms with E-state index in [1.807, 2.05) is 0 Å². The summed E-state index contributed by atoms with van der Waals surface area (Å²) >= 11 is 5.99. The van der Waals surface area contributed by atoms with Gasteiger partial charge < -0.3 is 10.2 Å². The van der Waals surface area contributed by atoms with E-state index in [1.54, 1.807) is 6.07 Å². The minimum absolute atomic E-state index is 0.0270. The number of carbonyl (C=O) groups excluding carboxylic acids is 1. The largest absolute Gasteiger partial charge is 0.417 e. The van der Waals surface area contributed by atoms with Gasteiger partial charge >= 0.3 is 6.18 Å². The highest BCUT2D eigenvalue weighted by Gasteiger charge is 2.38. The molecule has 1 fully saturated rings. The van der Waals surface area contributed by atoms with Gasteiger partial charge in [-0.25, -0.2) is 13.2 Å². The van der Waals surface area contributed by atoms with Crippen LogP contribution in [-0.4, -0.2) is 24.9 Å². The number of alkyl halides is 5. The molecule has 1 amide bonds. The lowest BCUT2D eigenvalue weighted by Crippen LogP contribution is -2.29. The topological polar surface area (TPSA) is 56.1 Å². The molecular formula is C21H16ClF6N3O. The number of anilines is 2. The van der Waals surface area contributed by atoms with E-state index in [9.17, 15) is 31.1 Å². The summed E-state index contributed by atoms with van der Waals surface area (Å²) in [4.78, 5) is 14.4. The summed E-state index contributed by atoms with van der Waals surface area (Å²) in [6.45, 7) is -0.100. The molecule has 1 heterocycles. The van der Waals surface area contributed by atoms with E-state index >= 15 is 0 Å². The molecule has 1 aliphatic heterocycles. The molecule has 0 unspecified atom stereocenters. The first-order valence-corrected chi connectivity index (χ1v) is 9.84. The van der Waals surface area contributed by atoms with E-state index < -0.39 is 46.4 Å². The monoisotopic (exact) mass is 475 g/mol. The number of benzene rings is 2. The third kappa shape index (κ3) is 5.10. The molecule has 11 heteroatoms. The van der Waals surface area contributed by atoms with Crippen LogP contribution in [0.25, 0.3) is 0 Å². The van der Waals surface area contributed by atoms with Crippen LogP contribution in [0.5, 0.6) is 0 Å². The zero-order valence-corrected chi connectivity index (χ0v) is 17.1. The Bertz CT molecular complexity index is 1080. The van der Waals surface area contributed by atoms with Crippen molar-refractivity contribution in [3.63, 3.8) is 0 Å². The first kappa shape index (κ1) is 23.7. The maximum Gasteiger partial charge on any atom is 0.417 e. The second-order valence-electron chi connectivity index (χ2n) is 7.28. The second-order valence-corrected chi connectivity index (χ2v) is 7.65. The lowest BCUT2D eigenvalue weighted by Gasteiger charge is -2.27. The van der Waals surface area contributed by atoms with Crippen molar-refractivity contribution in [1.82, 2.24) is 0 Å². The van der Waals surface area contributed by atoms with Crippen LogP contribution in [0.1, 0.15) is 40.7 Å². The first-order valence-electron chi connectivity index (χ1n) is 9.46. The highest BCUT2D eigenvalue weighted by Crippen LogP contribution is 2.41. The number of rotatable bonds is 3. The van der Waals surface area contributed by atoms with Crippen LogP contribution in [0.4, 0.5) is 37.7 Å². The molecule has 170 valence electrons. The van der Waals surface area contributed by atoms with Gasteiger partial charge in [-0.05, 0) is 36.8 Å². The highest BCUT2D eigenvalue weighted by molar-refractivity contribution is 6.36. The fraction of sp³-hybridized carbons (Fsp3) is 0.333. The van der Waals surface area contributed by atoms with Crippen LogP contribution in [0.15, 0.2) is 30.3 Å². The number of hydrogen-bond acceptors (Lipinski definition) is 3. The fourth-order valence-electron chi connectivity index (χ4n) is 3.45. The molecular weight excluding hydrogens is 460 g/mol. The van der Waals surface area contributed by atoms with Crippen molar-refractivity contribution in [2.45, 2.75) is 31.4 Å². The predicted molar refractivity (Wildman–Crippen MR) is 107 cm³/mol. The van der Waals surface area contributed by atoms with Gasteiger partial charge in [0.15, 0.2) is 0 Å². The van der Waals surface area contributed by atoms with Crippen molar-refractivity contribution in [2.24, 2.45) is 0 Å². The zero-order chi connectivity index (χ0) is 23.7. The average molecular weight is 476 g/mol. The molecule has 2 aromatic carbocycles. The Hall–Kier alpha value is -2.93. The number of halogens is 7. The molecule has 4 nitrogen and oxygen atoms in total. The van der Waals surface area contributed by atoms with Crippen molar-refractivity contribution < 1.29 is 31.1 Å². The van der Waals surface area contributed by atoms with Crippen LogP contribution in [0.3, 0.4) is 0 Å². The van der Waals surface area contributed by atoms with Crippen molar-refractivity contribution in [2.75, 3.05) is 23.3 Å². The van der Waals surface area contributed by atoms with E-state index in [1.165, 1.54) is 4.90 Å². The van der Waals surface area contributed by atoms with Crippen LogP contribution in [0, 0.1) is 17.1 Å². The van der Waals surface area contributed by atoms with Gasteiger partial charge in [0, 0.05) is 31.6 Å². The maximum atomic E-state index is 13.8. The summed E-state index contributed by atoms with van der Waals surface area (Å²) in [6.07, 6.45) is -5.71. The van der Waals surface area contributed by atoms with E-state index in [4.69, 9.17) is 16.9 Å².